The highest BCUT2D eigenvalue weighted by Crippen LogP contribution is 2.34. The van der Waals surface area contributed by atoms with E-state index < -0.39 is 0 Å². The predicted molar refractivity (Wildman–Crippen MR) is 59.6 cm³/mol. The second-order valence-electron chi connectivity index (χ2n) is 3.41. The van der Waals surface area contributed by atoms with Crippen LogP contribution in [-0.4, -0.2) is 22.7 Å². The van der Waals surface area contributed by atoms with Gasteiger partial charge in [-0.05, 0) is 28.4 Å². The van der Waals surface area contributed by atoms with Gasteiger partial charge in [0.25, 0.3) is 0 Å². The van der Waals surface area contributed by atoms with E-state index in [4.69, 9.17) is 16.7 Å². The first-order chi connectivity index (χ1) is 6.70. The van der Waals surface area contributed by atoms with Gasteiger partial charge in [0.05, 0.1) is 9.50 Å². The summed E-state index contributed by atoms with van der Waals surface area (Å²) in [7, 11) is 0. The van der Waals surface area contributed by atoms with Crippen LogP contribution < -0.4 is 5.32 Å². The van der Waals surface area contributed by atoms with Gasteiger partial charge in [0, 0.05) is 24.8 Å². The zero-order valence-corrected chi connectivity index (χ0v) is 9.72. The average molecular weight is 278 g/mol. The molecular formula is C9H10BrClN2O. The average Bonchev–Trinajstić information content (AvgIpc) is 2.89. The molecule has 0 bridgehead atoms. The molecule has 0 saturated heterocycles. The fraction of sp³-hybridized carbons (Fsp3) is 0.444. The molecule has 1 aromatic rings. The van der Waals surface area contributed by atoms with Crippen molar-refractivity contribution in [1.82, 2.24) is 4.98 Å². The molecule has 0 spiro atoms. The van der Waals surface area contributed by atoms with Gasteiger partial charge >= 0.3 is 0 Å². The molecule has 5 heteroatoms. The van der Waals surface area contributed by atoms with Gasteiger partial charge in [-0.15, -0.1) is 0 Å². The number of aliphatic hydroxyl groups is 1. The van der Waals surface area contributed by atoms with Crippen LogP contribution in [0.3, 0.4) is 0 Å². The SMILES string of the molecule is OC[C@@H]1C[C@H]1Nc1ncc(Cl)cc1Br. The summed E-state index contributed by atoms with van der Waals surface area (Å²) in [5, 5.41) is 12.7. The van der Waals surface area contributed by atoms with E-state index in [0.717, 1.165) is 16.7 Å². The third-order valence-electron chi connectivity index (χ3n) is 2.29. The number of halogens is 2. The highest BCUT2D eigenvalue weighted by atomic mass is 79.9. The first-order valence-electron chi connectivity index (χ1n) is 4.39. The number of rotatable bonds is 3. The zero-order chi connectivity index (χ0) is 10.1. The van der Waals surface area contributed by atoms with E-state index in [-0.39, 0.29) is 6.61 Å². The summed E-state index contributed by atoms with van der Waals surface area (Å²) >= 11 is 9.14. The summed E-state index contributed by atoms with van der Waals surface area (Å²) in [4.78, 5) is 4.16. The zero-order valence-electron chi connectivity index (χ0n) is 7.37. The van der Waals surface area contributed by atoms with E-state index in [9.17, 15) is 0 Å². The monoisotopic (exact) mass is 276 g/mol. The number of aliphatic hydroxyl groups excluding tert-OH is 1. The molecule has 2 rings (SSSR count). The fourth-order valence-corrected chi connectivity index (χ4v) is 2.08. The fourth-order valence-electron chi connectivity index (χ4n) is 1.32. The number of aromatic nitrogens is 1. The predicted octanol–water partition coefficient (Wildman–Crippen LogP) is 2.29. The third-order valence-corrected chi connectivity index (χ3v) is 3.10. The molecule has 1 aliphatic carbocycles. The summed E-state index contributed by atoms with van der Waals surface area (Å²) in [6.45, 7) is 0.239. The maximum atomic E-state index is 8.87. The van der Waals surface area contributed by atoms with Crippen molar-refractivity contribution >= 4 is 33.3 Å². The molecule has 1 aromatic heterocycles. The summed E-state index contributed by atoms with van der Waals surface area (Å²) in [5.41, 5.74) is 0. The first-order valence-corrected chi connectivity index (χ1v) is 5.56. The van der Waals surface area contributed by atoms with E-state index in [2.05, 4.69) is 26.2 Å². The molecular weight excluding hydrogens is 267 g/mol. The van der Waals surface area contributed by atoms with Crippen molar-refractivity contribution < 1.29 is 5.11 Å². The maximum absolute atomic E-state index is 8.87. The number of hydrogen-bond acceptors (Lipinski definition) is 3. The molecule has 0 aromatic carbocycles. The molecule has 1 aliphatic rings. The number of hydrogen-bond donors (Lipinski definition) is 2. The minimum Gasteiger partial charge on any atom is -0.396 e. The Balaban J connectivity index is 2.03. The molecule has 0 radical (unpaired) electrons. The lowest BCUT2D eigenvalue weighted by Gasteiger charge is -2.06. The Morgan fingerprint density at radius 2 is 2.50 bits per heavy atom. The van der Waals surface area contributed by atoms with Crippen molar-refractivity contribution in [1.29, 1.82) is 0 Å². The molecule has 0 amide bonds. The van der Waals surface area contributed by atoms with Crippen LogP contribution in [0.15, 0.2) is 16.7 Å². The number of nitrogens with zero attached hydrogens (tertiary/aromatic N) is 1. The summed E-state index contributed by atoms with van der Waals surface area (Å²) in [5.74, 6) is 1.16. The lowest BCUT2D eigenvalue weighted by atomic mass is 10.4. The Morgan fingerprint density at radius 1 is 1.71 bits per heavy atom. The largest absolute Gasteiger partial charge is 0.396 e. The standard InChI is InChI=1S/C9H10BrClN2O/c10-7-2-6(11)3-12-9(7)13-8-1-5(8)4-14/h2-3,5,8,14H,1,4H2,(H,12,13)/t5-,8+/m0/s1. The van der Waals surface area contributed by atoms with Crippen molar-refractivity contribution in [2.75, 3.05) is 11.9 Å². The third kappa shape index (κ3) is 2.19. The Bertz CT molecular complexity index is 348. The van der Waals surface area contributed by atoms with Crippen molar-refractivity contribution in [3.63, 3.8) is 0 Å². The molecule has 0 unspecified atom stereocenters. The van der Waals surface area contributed by atoms with Gasteiger partial charge < -0.3 is 10.4 Å². The lowest BCUT2D eigenvalue weighted by molar-refractivity contribution is 0.275. The molecule has 14 heavy (non-hydrogen) atoms. The molecule has 1 saturated carbocycles. The maximum Gasteiger partial charge on any atom is 0.140 e. The van der Waals surface area contributed by atoms with Gasteiger partial charge in [-0.3, -0.25) is 0 Å². The molecule has 2 N–H and O–H groups in total. The first kappa shape index (κ1) is 10.2. The lowest BCUT2D eigenvalue weighted by Crippen LogP contribution is -2.08. The van der Waals surface area contributed by atoms with Crippen LogP contribution in [0.1, 0.15) is 6.42 Å². The van der Waals surface area contributed by atoms with Gasteiger partial charge in [-0.25, -0.2) is 4.98 Å². The van der Waals surface area contributed by atoms with Crippen LogP contribution in [0.5, 0.6) is 0 Å². The van der Waals surface area contributed by atoms with Gasteiger partial charge in [-0.1, -0.05) is 11.6 Å². The normalized spacial score (nSPS) is 24.8. The Kier molecular flexibility index (Phi) is 2.95. The van der Waals surface area contributed by atoms with Gasteiger partial charge in [0.1, 0.15) is 5.82 Å². The van der Waals surface area contributed by atoms with Gasteiger partial charge in [0.15, 0.2) is 0 Å². The van der Waals surface area contributed by atoms with Gasteiger partial charge in [-0.2, -0.15) is 0 Å². The topological polar surface area (TPSA) is 45.1 Å². The van der Waals surface area contributed by atoms with Crippen LogP contribution in [0, 0.1) is 5.92 Å². The minimum atomic E-state index is 0.239. The number of pyridine rings is 1. The highest BCUT2D eigenvalue weighted by molar-refractivity contribution is 9.10. The van der Waals surface area contributed by atoms with E-state index >= 15 is 0 Å². The van der Waals surface area contributed by atoms with Crippen molar-refractivity contribution in [3.8, 4) is 0 Å². The number of anilines is 1. The van der Waals surface area contributed by atoms with Crippen LogP contribution >= 0.6 is 27.5 Å². The molecule has 2 atom stereocenters. The van der Waals surface area contributed by atoms with E-state index in [1.165, 1.54) is 0 Å². The van der Waals surface area contributed by atoms with Crippen molar-refractivity contribution in [3.05, 3.63) is 21.8 Å². The smallest absolute Gasteiger partial charge is 0.140 e. The highest BCUT2D eigenvalue weighted by Gasteiger charge is 2.36. The summed E-state index contributed by atoms with van der Waals surface area (Å²) in [6.07, 6.45) is 2.61. The Morgan fingerprint density at radius 3 is 3.07 bits per heavy atom. The summed E-state index contributed by atoms with van der Waals surface area (Å²) in [6, 6.07) is 2.15. The molecule has 1 heterocycles. The van der Waals surface area contributed by atoms with Crippen LogP contribution in [0.4, 0.5) is 5.82 Å². The van der Waals surface area contributed by atoms with Gasteiger partial charge in [0.2, 0.25) is 0 Å². The minimum absolute atomic E-state index is 0.239. The van der Waals surface area contributed by atoms with Crippen LogP contribution in [0.25, 0.3) is 0 Å². The number of nitrogens with one attached hydrogen (secondary N) is 1. The van der Waals surface area contributed by atoms with E-state index in [1.54, 1.807) is 12.3 Å². The summed E-state index contributed by atoms with van der Waals surface area (Å²) < 4.78 is 0.855. The van der Waals surface area contributed by atoms with E-state index in [0.29, 0.717) is 17.0 Å². The molecule has 0 aliphatic heterocycles. The van der Waals surface area contributed by atoms with E-state index in [1.807, 2.05) is 0 Å². The Hall–Kier alpha value is -0.320. The van der Waals surface area contributed by atoms with Crippen molar-refractivity contribution in [2.24, 2.45) is 5.92 Å². The second-order valence-corrected chi connectivity index (χ2v) is 4.70. The molecule has 76 valence electrons. The van der Waals surface area contributed by atoms with Crippen LogP contribution in [-0.2, 0) is 0 Å². The molecule has 1 fully saturated rings. The van der Waals surface area contributed by atoms with Crippen molar-refractivity contribution in [2.45, 2.75) is 12.5 Å². The quantitative estimate of drug-likeness (QED) is 0.891. The molecule has 3 nitrogen and oxygen atoms in total. The Labute approximate surface area is 95.6 Å². The second kappa shape index (κ2) is 4.04. The van der Waals surface area contributed by atoms with Crippen LogP contribution in [0.2, 0.25) is 5.02 Å².